The van der Waals surface area contributed by atoms with E-state index in [-0.39, 0.29) is 11.9 Å². The topological polar surface area (TPSA) is 42.4 Å². The van der Waals surface area contributed by atoms with Gasteiger partial charge in [0.1, 0.15) is 23.1 Å². The van der Waals surface area contributed by atoms with Crippen LogP contribution in [0.4, 0.5) is 0 Å². The number of hydrogen-bond donors (Lipinski definition) is 0. The molecule has 1 saturated carbocycles. The molecule has 4 nitrogen and oxygen atoms in total. The molecule has 3 rings (SSSR count). The summed E-state index contributed by atoms with van der Waals surface area (Å²) in [5, 5.41) is 3.32. The Bertz CT molecular complexity index is 708. The lowest BCUT2D eigenvalue weighted by Crippen LogP contribution is -2.43. The fourth-order valence-electron chi connectivity index (χ4n) is 3.29. The Kier molecular flexibility index (Phi) is 5.97. The van der Waals surface area contributed by atoms with Crippen LogP contribution in [-0.2, 0) is 6.61 Å². The number of nitrogens with zero attached hydrogens (tertiary/aromatic N) is 2. The first-order valence-electron chi connectivity index (χ1n) is 8.70. The lowest BCUT2D eigenvalue weighted by Gasteiger charge is -2.32. The summed E-state index contributed by atoms with van der Waals surface area (Å²) in [4.78, 5) is 19.4. The van der Waals surface area contributed by atoms with Crippen molar-refractivity contribution in [2.75, 3.05) is 0 Å². The number of carbonyl (C=O) groups excluding carboxylic acids is 1. The predicted octanol–water partition coefficient (Wildman–Crippen LogP) is 5.17. The first kappa shape index (κ1) is 18.2. The van der Waals surface area contributed by atoms with Gasteiger partial charge < -0.3 is 9.64 Å². The van der Waals surface area contributed by atoms with Crippen LogP contribution in [-0.4, -0.2) is 27.9 Å². The zero-order valence-electron chi connectivity index (χ0n) is 14.6. The van der Waals surface area contributed by atoms with Crippen molar-refractivity contribution in [3.05, 3.63) is 45.4 Å². The summed E-state index contributed by atoms with van der Waals surface area (Å²) in [6.07, 6.45) is 4.61. The summed E-state index contributed by atoms with van der Waals surface area (Å²) >= 11 is 7.33. The molecule has 0 bridgehead atoms. The fourth-order valence-corrected chi connectivity index (χ4v) is 4.09. The number of benzene rings is 1. The van der Waals surface area contributed by atoms with Gasteiger partial charge in [-0.2, -0.15) is 0 Å². The average molecular weight is 379 g/mol. The van der Waals surface area contributed by atoms with Crippen molar-refractivity contribution in [1.29, 1.82) is 0 Å². The van der Waals surface area contributed by atoms with Gasteiger partial charge in [-0.25, -0.2) is 4.98 Å². The van der Waals surface area contributed by atoms with E-state index in [4.69, 9.17) is 16.3 Å². The molecule has 0 unspecified atom stereocenters. The standard InChI is InChI=1S/C19H23ClN2O2S/c1-13(2)22(15-5-3-4-6-15)19(23)17-12-25-18(21-17)11-24-16-9-7-14(20)8-10-16/h7-10,12-13,15H,3-6,11H2,1-2H3. The minimum absolute atomic E-state index is 0.0379. The maximum Gasteiger partial charge on any atom is 0.273 e. The first-order valence-corrected chi connectivity index (χ1v) is 9.96. The van der Waals surface area contributed by atoms with E-state index in [1.165, 1.54) is 24.2 Å². The molecule has 1 aliphatic rings. The molecule has 134 valence electrons. The lowest BCUT2D eigenvalue weighted by atomic mass is 10.1. The summed E-state index contributed by atoms with van der Waals surface area (Å²) in [6.45, 7) is 4.50. The monoisotopic (exact) mass is 378 g/mol. The molecule has 1 fully saturated rings. The number of aromatic nitrogens is 1. The van der Waals surface area contributed by atoms with E-state index < -0.39 is 0 Å². The number of carbonyl (C=O) groups is 1. The van der Waals surface area contributed by atoms with Gasteiger partial charge >= 0.3 is 0 Å². The molecule has 1 aromatic carbocycles. The molecule has 1 aliphatic carbocycles. The largest absolute Gasteiger partial charge is 0.486 e. The van der Waals surface area contributed by atoms with Crippen LogP contribution < -0.4 is 4.74 Å². The SMILES string of the molecule is CC(C)N(C(=O)c1csc(COc2ccc(Cl)cc2)n1)C1CCCC1. The summed E-state index contributed by atoms with van der Waals surface area (Å²) in [5.74, 6) is 0.776. The number of thiazole rings is 1. The van der Waals surface area contributed by atoms with E-state index in [0.29, 0.717) is 23.4 Å². The number of amides is 1. The van der Waals surface area contributed by atoms with Crippen LogP contribution in [0.5, 0.6) is 5.75 Å². The molecule has 25 heavy (non-hydrogen) atoms. The maximum atomic E-state index is 12.9. The molecule has 0 atom stereocenters. The average Bonchev–Trinajstić information content (AvgIpc) is 3.26. The van der Waals surface area contributed by atoms with Crippen molar-refractivity contribution < 1.29 is 9.53 Å². The van der Waals surface area contributed by atoms with Crippen LogP contribution in [0, 0.1) is 0 Å². The van der Waals surface area contributed by atoms with E-state index in [1.54, 1.807) is 12.1 Å². The minimum Gasteiger partial charge on any atom is -0.486 e. The van der Waals surface area contributed by atoms with Gasteiger partial charge in [0.05, 0.1) is 0 Å². The minimum atomic E-state index is 0.0379. The van der Waals surface area contributed by atoms with Crippen molar-refractivity contribution >= 4 is 28.8 Å². The second kappa shape index (κ2) is 8.19. The Morgan fingerprint density at radius 1 is 1.32 bits per heavy atom. The summed E-state index contributed by atoms with van der Waals surface area (Å²) in [5.41, 5.74) is 0.528. The molecule has 0 N–H and O–H groups in total. The second-order valence-corrected chi connectivity index (χ2v) is 7.99. The highest BCUT2D eigenvalue weighted by Gasteiger charge is 2.30. The van der Waals surface area contributed by atoms with E-state index in [9.17, 15) is 4.79 Å². The zero-order chi connectivity index (χ0) is 17.8. The molecule has 0 aliphatic heterocycles. The highest BCUT2D eigenvalue weighted by Crippen LogP contribution is 2.27. The fraction of sp³-hybridized carbons (Fsp3) is 0.474. The van der Waals surface area contributed by atoms with Crippen molar-refractivity contribution in [3.63, 3.8) is 0 Å². The molecule has 1 aromatic heterocycles. The van der Waals surface area contributed by atoms with Gasteiger partial charge in [-0.15, -0.1) is 11.3 Å². The van der Waals surface area contributed by atoms with Crippen LogP contribution in [0.2, 0.25) is 5.02 Å². The summed E-state index contributed by atoms with van der Waals surface area (Å²) in [7, 11) is 0. The number of hydrogen-bond acceptors (Lipinski definition) is 4. The van der Waals surface area contributed by atoms with Crippen LogP contribution in [0.1, 0.15) is 55.0 Å². The van der Waals surface area contributed by atoms with Gasteiger partial charge in [-0.1, -0.05) is 24.4 Å². The Balaban J connectivity index is 1.65. The second-order valence-electron chi connectivity index (χ2n) is 6.61. The summed E-state index contributed by atoms with van der Waals surface area (Å²) < 4.78 is 5.71. The van der Waals surface area contributed by atoms with Gasteiger partial charge in [-0.3, -0.25) is 4.79 Å². The van der Waals surface area contributed by atoms with Gasteiger partial charge in [0.15, 0.2) is 0 Å². The van der Waals surface area contributed by atoms with Gasteiger partial charge in [0, 0.05) is 22.5 Å². The molecular weight excluding hydrogens is 356 g/mol. The number of ether oxygens (including phenoxy) is 1. The first-order chi connectivity index (χ1) is 12.0. The highest BCUT2D eigenvalue weighted by atomic mass is 35.5. The quantitative estimate of drug-likeness (QED) is 0.696. The number of halogens is 1. The molecule has 1 heterocycles. The van der Waals surface area contributed by atoms with Crippen molar-refractivity contribution in [2.45, 2.75) is 58.2 Å². The van der Waals surface area contributed by atoms with Crippen molar-refractivity contribution in [3.8, 4) is 5.75 Å². The van der Waals surface area contributed by atoms with Crippen LogP contribution >= 0.6 is 22.9 Å². The van der Waals surface area contributed by atoms with Crippen LogP contribution in [0.25, 0.3) is 0 Å². The predicted molar refractivity (Wildman–Crippen MR) is 101 cm³/mol. The Morgan fingerprint density at radius 3 is 2.64 bits per heavy atom. The van der Waals surface area contributed by atoms with E-state index in [2.05, 4.69) is 18.8 Å². The van der Waals surface area contributed by atoms with E-state index in [0.717, 1.165) is 23.6 Å². The molecule has 6 heteroatoms. The molecule has 0 radical (unpaired) electrons. The molecule has 0 saturated heterocycles. The third kappa shape index (κ3) is 4.53. The lowest BCUT2D eigenvalue weighted by molar-refractivity contribution is 0.0607. The van der Waals surface area contributed by atoms with E-state index >= 15 is 0 Å². The van der Waals surface area contributed by atoms with E-state index in [1.807, 2.05) is 22.4 Å². The third-order valence-corrected chi connectivity index (χ3v) is 5.53. The van der Waals surface area contributed by atoms with Crippen molar-refractivity contribution in [1.82, 2.24) is 9.88 Å². The Morgan fingerprint density at radius 2 is 2.00 bits per heavy atom. The Hall–Kier alpha value is -1.59. The highest BCUT2D eigenvalue weighted by molar-refractivity contribution is 7.09. The Labute approximate surface area is 157 Å². The van der Waals surface area contributed by atoms with Crippen molar-refractivity contribution in [2.24, 2.45) is 0 Å². The smallest absolute Gasteiger partial charge is 0.273 e. The van der Waals surface area contributed by atoms with Gasteiger partial charge in [0.25, 0.3) is 5.91 Å². The van der Waals surface area contributed by atoms with Gasteiger partial charge in [0.2, 0.25) is 0 Å². The number of rotatable bonds is 6. The molecule has 0 spiro atoms. The normalized spacial score (nSPS) is 14.9. The van der Waals surface area contributed by atoms with Gasteiger partial charge in [-0.05, 0) is 51.0 Å². The third-order valence-electron chi connectivity index (χ3n) is 4.46. The zero-order valence-corrected chi connectivity index (χ0v) is 16.1. The maximum absolute atomic E-state index is 12.9. The van der Waals surface area contributed by atoms with Crippen LogP contribution in [0.15, 0.2) is 29.6 Å². The molecular formula is C19H23ClN2O2S. The molecule has 1 amide bonds. The van der Waals surface area contributed by atoms with Crippen LogP contribution in [0.3, 0.4) is 0 Å². The summed E-state index contributed by atoms with van der Waals surface area (Å²) in [6, 6.07) is 7.76. The molecule has 2 aromatic rings.